The van der Waals surface area contributed by atoms with Crippen LogP contribution in [-0.4, -0.2) is 36.4 Å². The van der Waals surface area contributed by atoms with E-state index < -0.39 is 0 Å². The van der Waals surface area contributed by atoms with Gasteiger partial charge in [-0.25, -0.2) is 4.79 Å². The normalized spacial score (nSPS) is 18.9. The van der Waals surface area contributed by atoms with Crippen molar-refractivity contribution in [2.75, 3.05) is 30.8 Å². The second-order valence-corrected chi connectivity index (χ2v) is 7.77. The number of amides is 2. The zero-order chi connectivity index (χ0) is 17.2. The van der Waals surface area contributed by atoms with Crippen LogP contribution in [0.25, 0.3) is 0 Å². The molecule has 0 radical (unpaired) electrons. The summed E-state index contributed by atoms with van der Waals surface area (Å²) in [7, 11) is 0. The molecular weight excluding hydrogens is 404 g/mol. The van der Waals surface area contributed by atoms with Crippen LogP contribution in [0.5, 0.6) is 11.5 Å². The fourth-order valence-corrected chi connectivity index (χ4v) is 4.55. The lowest BCUT2D eigenvalue weighted by molar-refractivity contribution is 0.171. The number of anilines is 1. The van der Waals surface area contributed by atoms with E-state index in [1.807, 2.05) is 47.4 Å². The summed E-state index contributed by atoms with van der Waals surface area (Å²) in [6.45, 7) is 1.84. The molecule has 25 heavy (non-hydrogen) atoms. The molecule has 4 rings (SSSR count). The quantitative estimate of drug-likeness (QED) is 0.776. The van der Waals surface area contributed by atoms with Crippen molar-refractivity contribution in [1.29, 1.82) is 0 Å². The van der Waals surface area contributed by atoms with Crippen LogP contribution in [0.2, 0.25) is 0 Å². The summed E-state index contributed by atoms with van der Waals surface area (Å²) in [5.74, 6) is 2.42. The third-order valence-electron chi connectivity index (χ3n) is 4.12. The van der Waals surface area contributed by atoms with Crippen LogP contribution in [0, 0.1) is 0 Å². The molecule has 2 heterocycles. The Morgan fingerprint density at radius 2 is 1.96 bits per heavy atom. The van der Waals surface area contributed by atoms with Gasteiger partial charge in [-0.1, -0.05) is 18.2 Å². The third-order valence-corrected chi connectivity index (χ3v) is 6.07. The minimum absolute atomic E-state index is 0.0293. The smallest absolute Gasteiger partial charge is 0.323 e. The molecule has 7 heteroatoms. The summed E-state index contributed by atoms with van der Waals surface area (Å²) >= 11 is 5.22. The predicted molar refractivity (Wildman–Crippen MR) is 102 cm³/mol. The average Bonchev–Trinajstić information content (AvgIpc) is 3.13. The summed E-state index contributed by atoms with van der Waals surface area (Å²) in [5, 5.41) is 2.96. The first kappa shape index (κ1) is 16.6. The summed E-state index contributed by atoms with van der Waals surface area (Å²) < 4.78 is 12.1. The molecule has 1 fully saturated rings. The van der Waals surface area contributed by atoms with Gasteiger partial charge in [-0.15, -0.1) is 11.8 Å². The second kappa shape index (κ2) is 7.17. The topological polar surface area (TPSA) is 50.8 Å². The van der Waals surface area contributed by atoms with Gasteiger partial charge in [0.1, 0.15) is 18.6 Å². The Morgan fingerprint density at radius 1 is 1.16 bits per heavy atom. The predicted octanol–water partition coefficient (Wildman–Crippen LogP) is 4.50. The molecule has 2 aromatic carbocycles. The fourth-order valence-electron chi connectivity index (χ4n) is 2.92. The van der Waals surface area contributed by atoms with Gasteiger partial charge in [0, 0.05) is 16.8 Å². The van der Waals surface area contributed by atoms with Crippen LogP contribution in [-0.2, 0) is 0 Å². The molecule has 2 aliphatic heterocycles. The molecule has 2 aliphatic rings. The van der Waals surface area contributed by atoms with Crippen molar-refractivity contribution < 1.29 is 14.3 Å². The van der Waals surface area contributed by atoms with Crippen molar-refractivity contribution in [1.82, 2.24) is 4.90 Å². The fraction of sp³-hybridized carbons (Fsp3) is 0.278. The van der Waals surface area contributed by atoms with Crippen LogP contribution in [0.15, 0.2) is 46.9 Å². The minimum atomic E-state index is -0.100. The number of carbonyl (C=O) groups excluding carboxylic acids is 1. The number of urea groups is 1. The molecule has 5 nitrogen and oxygen atoms in total. The molecule has 0 saturated carbocycles. The number of halogens is 1. The van der Waals surface area contributed by atoms with Gasteiger partial charge in [-0.2, -0.15) is 0 Å². The van der Waals surface area contributed by atoms with Crippen LogP contribution < -0.4 is 14.8 Å². The lowest BCUT2D eigenvalue weighted by atomic mass is 10.1. The number of carbonyl (C=O) groups is 1. The molecule has 0 unspecified atom stereocenters. The van der Waals surface area contributed by atoms with Gasteiger partial charge in [-0.3, -0.25) is 0 Å². The molecule has 2 aromatic rings. The molecular formula is C18H17BrN2O3S. The highest BCUT2D eigenvalue weighted by atomic mass is 79.9. The summed E-state index contributed by atoms with van der Waals surface area (Å²) in [4.78, 5) is 14.6. The Labute approximate surface area is 158 Å². The zero-order valence-electron chi connectivity index (χ0n) is 13.4. The molecule has 0 aliphatic carbocycles. The third kappa shape index (κ3) is 3.43. The van der Waals surface area contributed by atoms with Gasteiger partial charge in [-0.05, 0) is 45.8 Å². The first-order valence-electron chi connectivity index (χ1n) is 8.06. The van der Waals surface area contributed by atoms with Crippen LogP contribution >= 0.6 is 27.7 Å². The second-order valence-electron chi connectivity index (χ2n) is 5.73. The Hall–Kier alpha value is -1.86. The van der Waals surface area contributed by atoms with Crippen molar-refractivity contribution in [3.8, 4) is 11.5 Å². The Morgan fingerprint density at radius 3 is 2.80 bits per heavy atom. The first-order chi connectivity index (χ1) is 12.2. The molecule has 1 atom stereocenters. The number of thioether (sulfide) groups is 1. The molecule has 0 spiro atoms. The largest absolute Gasteiger partial charge is 0.486 e. The van der Waals surface area contributed by atoms with Crippen molar-refractivity contribution >= 4 is 39.4 Å². The van der Waals surface area contributed by atoms with E-state index in [0.717, 1.165) is 33.0 Å². The maximum atomic E-state index is 12.8. The number of nitrogens with one attached hydrogen (secondary N) is 1. The first-order valence-corrected chi connectivity index (χ1v) is 9.90. The monoisotopic (exact) mass is 420 g/mol. The van der Waals surface area contributed by atoms with E-state index in [9.17, 15) is 4.79 Å². The highest BCUT2D eigenvalue weighted by Crippen LogP contribution is 2.42. The Kier molecular flexibility index (Phi) is 4.76. The van der Waals surface area contributed by atoms with Gasteiger partial charge < -0.3 is 19.7 Å². The van der Waals surface area contributed by atoms with E-state index in [-0.39, 0.29) is 11.4 Å². The van der Waals surface area contributed by atoms with E-state index in [0.29, 0.717) is 19.8 Å². The Bertz CT molecular complexity index is 802. The minimum Gasteiger partial charge on any atom is -0.486 e. The summed E-state index contributed by atoms with van der Waals surface area (Å²) in [6, 6.07) is 13.4. The Balaban J connectivity index is 1.54. The van der Waals surface area contributed by atoms with Crippen molar-refractivity contribution in [3.63, 3.8) is 0 Å². The van der Waals surface area contributed by atoms with E-state index in [2.05, 4.69) is 21.2 Å². The number of rotatable bonds is 2. The van der Waals surface area contributed by atoms with Crippen LogP contribution in [0.1, 0.15) is 10.9 Å². The number of benzene rings is 2. The number of para-hydroxylation sites is 1. The molecule has 1 N–H and O–H groups in total. The van der Waals surface area contributed by atoms with Gasteiger partial charge in [0.15, 0.2) is 11.5 Å². The van der Waals surface area contributed by atoms with E-state index in [4.69, 9.17) is 9.47 Å². The number of ether oxygens (including phenoxy) is 2. The number of hydrogen-bond acceptors (Lipinski definition) is 4. The van der Waals surface area contributed by atoms with Crippen molar-refractivity contribution in [2.45, 2.75) is 5.37 Å². The van der Waals surface area contributed by atoms with E-state index in [1.54, 1.807) is 11.8 Å². The molecule has 0 bridgehead atoms. The summed E-state index contributed by atoms with van der Waals surface area (Å²) in [6.07, 6.45) is 0. The van der Waals surface area contributed by atoms with E-state index in [1.165, 1.54) is 0 Å². The highest BCUT2D eigenvalue weighted by molar-refractivity contribution is 9.10. The molecule has 130 valence electrons. The lowest BCUT2D eigenvalue weighted by Crippen LogP contribution is -2.34. The van der Waals surface area contributed by atoms with Crippen LogP contribution in [0.4, 0.5) is 10.5 Å². The number of fused-ring (bicyclic) bond motifs is 1. The van der Waals surface area contributed by atoms with Crippen molar-refractivity contribution in [2.24, 2.45) is 0 Å². The molecule has 1 saturated heterocycles. The maximum absolute atomic E-state index is 12.8. The highest BCUT2D eigenvalue weighted by Gasteiger charge is 2.31. The van der Waals surface area contributed by atoms with Gasteiger partial charge in [0.2, 0.25) is 0 Å². The SMILES string of the molecule is O=C(Nc1ccccc1Br)N1CCS[C@H]1c1ccc2c(c1)OCCO2. The van der Waals surface area contributed by atoms with Crippen molar-refractivity contribution in [3.05, 3.63) is 52.5 Å². The van der Waals surface area contributed by atoms with Crippen LogP contribution in [0.3, 0.4) is 0 Å². The molecule has 0 aromatic heterocycles. The lowest BCUT2D eigenvalue weighted by Gasteiger charge is -2.26. The standard InChI is InChI=1S/C18H17BrN2O3S/c19-13-3-1-2-4-14(13)20-18(22)21-7-10-25-17(21)12-5-6-15-16(11-12)24-9-8-23-15/h1-6,11,17H,7-10H2,(H,20,22)/t17-/m0/s1. The van der Waals surface area contributed by atoms with Gasteiger partial charge >= 0.3 is 6.03 Å². The average molecular weight is 421 g/mol. The number of nitrogens with zero attached hydrogens (tertiary/aromatic N) is 1. The van der Waals surface area contributed by atoms with Gasteiger partial charge in [0.05, 0.1) is 5.69 Å². The van der Waals surface area contributed by atoms with Gasteiger partial charge in [0.25, 0.3) is 0 Å². The van der Waals surface area contributed by atoms with E-state index >= 15 is 0 Å². The maximum Gasteiger partial charge on any atom is 0.323 e. The number of hydrogen-bond donors (Lipinski definition) is 1. The molecule has 2 amide bonds. The zero-order valence-corrected chi connectivity index (χ0v) is 15.8. The summed E-state index contributed by atoms with van der Waals surface area (Å²) in [5.41, 5.74) is 1.82.